The molecule has 1 aromatic rings. The molecule has 0 radical (unpaired) electrons. The summed E-state index contributed by atoms with van der Waals surface area (Å²) in [4.78, 5) is 52.9. The van der Waals surface area contributed by atoms with Crippen molar-refractivity contribution in [2.45, 2.75) is 44.4 Å². The standard InChI is InChI=1S/C18H23N3O9/c1-17(2,3)30-16(24)20-10-18(15(23)28-5,8-11(20)14(22)27-4)29-13-6-7-19-9-12(13)21(25)26/h6-7,9,11H,8,10H2,1-5H3/t11-,18?/m0/s1. The number of carbonyl (C=O) groups excluding carboxylic acids is 3. The molecule has 1 aliphatic heterocycles. The molecule has 164 valence electrons. The Morgan fingerprint density at radius 3 is 2.47 bits per heavy atom. The molecule has 0 saturated carbocycles. The Bertz CT molecular complexity index is 852. The lowest BCUT2D eigenvalue weighted by atomic mass is 10.00. The highest BCUT2D eigenvalue weighted by atomic mass is 16.6. The number of aromatic nitrogens is 1. The molecule has 0 N–H and O–H groups in total. The Balaban J connectivity index is 2.49. The Kier molecular flexibility index (Phi) is 6.48. The summed E-state index contributed by atoms with van der Waals surface area (Å²) < 4.78 is 20.6. The van der Waals surface area contributed by atoms with Gasteiger partial charge in [-0.3, -0.25) is 20.0 Å². The lowest BCUT2D eigenvalue weighted by molar-refractivity contribution is -0.386. The zero-order valence-electron chi connectivity index (χ0n) is 17.2. The summed E-state index contributed by atoms with van der Waals surface area (Å²) in [6.45, 7) is 4.46. The molecular formula is C18H23N3O9. The number of nitro groups is 1. The average Bonchev–Trinajstić information content (AvgIpc) is 3.06. The Morgan fingerprint density at radius 1 is 1.27 bits per heavy atom. The van der Waals surface area contributed by atoms with E-state index in [9.17, 15) is 24.5 Å². The highest BCUT2D eigenvalue weighted by molar-refractivity contribution is 5.88. The summed E-state index contributed by atoms with van der Waals surface area (Å²) in [6.07, 6.45) is 0.964. The Hall–Kier alpha value is -3.44. The Labute approximate surface area is 172 Å². The molecule has 0 spiro atoms. The molecule has 1 aromatic heterocycles. The number of pyridine rings is 1. The first kappa shape index (κ1) is 22.8. The number of hydrogen-bond donors (Lipinski definition) is 0. The van der Waals surface area contributed by atoms with E-state index < -0.39 is 52.4 Å². The number of ether oxygens (including phenoxy) is 4. The first-order valence-electron chi connectivity index (χ1n) is 8.87. The fourth-order valence-electron chi connectivity index (χ4n) is 2.99. The van der Waals surface area contributed by atoms with Gasteiger partial charge >= 0.3 is 23.7 Å². The molecule has 2 rings (SSSR count). The molecular weight excluding hydrogens is 402 g/mol. The van der Waals surface area contributed by atoms with E-state index in [1.165, 1.54) is 12.3 Å². The molecule has 12 heteroatoms. The van der Waals surface area contributed by atoms with Crippen LogP contribution in [0.25, 0.3) is 0 Å². The van der Waals surface area contributed by atoms with Gasteiger partial charge in [-0.15, -0.1) is 0 Å². The third-order valence-electron chi connectivity index (χ3n) is 4.25. The van der Waals surface area contributed by atoms with Crippen molar-refractivity contribution < 1.29 is 38.3 Å². The minimum atomic E-state index is -1.91. The van der Waals surface area contributed by atoms with Gasteiger partial charge in [-0.25, -0.2) is 14.4 Å². The fraction of sp³-hybridized carbons (Fsp3) is 0.556. The van der Waals surface area contributed by atoms with E-state index in [1.54, 1.807) is 20.8 Å². The smallest absolute Gasteiger partial charge is 0.411 e. The van der Waals surface area contributed by atoms with Gasteiger partial charge in [-0.2, -0.15) is 0 Å². The second-order valence-corrected chi connectivity index (χ2v) is 7.54. The molecule has 1 unspecified atom stereocenters. The van der Waals surface area contributed by atoms with Crippen molar-refractivity contribution >= 4 is 23.7 Å². The molecule has 1 amide bonds. The van der Waals surface area contributed by atoms with Gasteiger partial charge in [0.2, 0.25) is 11.4 Å². The number of rotatable bonds is 5. The average molecular weight is 425 g/mol. The Morgan fingerprint density at radius 2 is 1.93 bits per heavy atom. The molecule has 12 nitrogen and oxygen atoms in total. The summed E-state index contributed by atoms with van der Waals surface area (Å²) in [5, 5.41) is 11.3. The van der Waals surface area contributed by atoms with Gasteiger partial charge in [0.1, 0.15) is 17.8 Å². The molecule has 0 aliphatic carbocycles. The maximum Gasteiger partial charge on any atom is 0.411 e. The minimum Gasteiger partial charge on any atom is -0.467 e. The van der Waals surface area contributed by atoms with Crippen molar-refractivity contribution in [1.82, 2.24) is 9.88 Å². The van der Waals surface area contributed by atoms with Crippen LogP contribution in [0.4, 0.5) is 10.5 Å². The molecule has 1 fully saturated rings. The van der Waals surface area contributed by atoms with Crippen molar-refractivity contribution in [1.29, 1.82) is 0 Å². The highest BCUT2D eigenvalue weighted by Crippen LogP contribution is 2.37. The molecule has 2 atom stereocenters. The summed E-state index contributed by atoms with van der Waals surface area (Å²) in [5.41, 5.74) is -3.28. The topological polar surface area (TPSA) is 147 Å². The van der Waals surface area contributed by atoms with E-state index in [4.69, 9.17) is 18.9 Å². The number of hydrogen-bond acceptors (Lipinski definition) is 10. The van der Waals surface area contributed by atoms with Crippen LogP contribution in [0.2, 0.25) is 0 Å². The zero-order valence-corrected chi connectivity index (χ0v) is 17.2. The largest absolute Gasteiger partial charge is 0.467 e. The second kappa shape index (κ2) is 8.51. The van der Waals surface area contributed by atoms with Crippen LogP contribution in [0.15, 0.2) is 18.5 Å². The van der Waals surface area contributed by atoms with Gasteiger partial charge in [0.15, 0.2) is 0 Å². The van der Waals surface area contributed by atoms with Crippen molar-refractivity contribution in [2.75, 3.05) is 20.8 Å². The van der Waals surface area contributed by atoms with E-state index >= 15 is 0 Å². The van der Waals surface area contributed by atoms with Crippen LogP contribution < -0.4 is 4.74 Å². The van der Waals surface area contributed by atoms with Crippen LogP contribution in [0.3, 0.4) is 0 Å². The van der Waals surface area contributed by atoms with E-state index in [-0.39, 0.29) is 12.2 Å². The number of amides is 1. The van der Waals surface area contributed by atoms with Gasteiger partial charge in [0.25, 0.3) is 0 Å². The molecule has 0 aromatic carbocycles. The number of methoxy groups -OCH3 is 2. The number of carbonyl (C=O) groups is 3. The molecule has 30 heavy (non-hydrogen) atoms. The van der Waals surface area contributed by atoms with Crippen molar-refractivity contribution in [2.24, 2.45) is 0 Å². The van der Waals surface area contributed by atoms with Crippen LogP contribution in [-0.4, -0.2) is 70.8 Å². The predicted octanol–water partition coefficient (Wildman–Crippen LogP) is 1.46. The van der Waals surface area contributed by atoms with E-state index in [2.05, 4.69) is 4.98 Å². The first-order chi connectivity index (χ1) is 13.9. The molecule has 1 saturated heterocycles. The monoisotopic (exact) mass is 425 g/mol. The summed E-state index contributed by atoms with van der Waals surface area (Å²) in [5.74, 6) is -2.00. The van der Waals surface area contributed by atoms with Crippen LogP contribution in [0.1, 0.15) is 27.2 Å². The number of nitrogens with zero attached hydrogens (tertiary/aromatic N) is 3. The van der Waals surface area contributed by atoms with E-state index in [0.717, 1.165) is 25.3 Å². The molecule has 2 heterocycles. The van der Waals surface area contributed by atoms with Gasteiger partial charge in [-0.1, -0.05) is 0 Å². The SMILES string of the molecule is COC(=O)[C@@H]1CC(Oc2ccncc2[N+](=O)[O-])(C(=O)OC)CN1C(=O)OC(C)(C)C. The minimum absolute atomic E-state index is 0.268. The highest BCUT2D eigenvalue weighted by Gasteiger charge is 2.58. The third-order valence-corrected chi connectivity index (χ3v) is 4.25. The maximum absolute atomic E-state index is 12.7. The van der Waals surface area contributed by atoms with E-state index in [0.29, 0.717) is 0 Å². The van der Waals surface area contributed by atoms with Gasteiger partial charge in [0, 0.05) is 18.7 Å². The van der Waals surface area contributed by atoms with Crippen molar-refractivity contribution in [3.8, 4) is 5.75 Å². The number of esters is 2. The number of likely N-dealkylation sites (tertiary alicyclic amines) is 1. The summed E-state index contributed by atoms with van der Waals surface area (Å²) in [6, 6.07) is -0.0311. The fourth-order valence-corrected chi connectivity index (χ4v) is 2.99. The van der Waals surface area contributed by atoms with Crippen LogP contribution in [0, 0.1) is 10.1 Å². The maximum atomic E-state index is 12.7. The van der Waals surface area contributed by atoms with Crippen molar-refractivity contribution in [3.05, 3.63) is 28.6 Å². The second-order valence-electron chi connectivity index (χ2n) is 7.54. The van der Waals surface area contributed by atoms with E-state index in [1.807, 2.05) is 0 Å². The molecule has 1 aliphatic rings. The van der Waals surface area contributed by atoms with Crippen molar-refractivity contribution in [3.63, 3.8) is 0 Å². The van der Waals surface area contributed by atoms with Crippen LogP contribution in [-0.2, 0) is 23.8 Å². The van der Waals surface area contributed by atoms with Crippen LogP contribution >= 0.6 is 0 Å². The summed E-state index contributed by atoms with van der Waals surface area (Å²) >= 11 is 0. The third kappa shape index (κ3) is 4.75. The zero-order chi connectivity index (χ0) is 22.7. The normalized spacial score (nSPS) is 21.0. The lowest BCUT2D eigenvalue weighted by Crippen LogP contribution is -2.49. The molecule has 0 bridgehead atoms. The lowest BCUT2D eigenvalue weighted by Gasteiger charge is -2.28. The van der Waals surface area contributed by atoms with Gasteiger partial charge < -0.3 is 18.9 Å². The predicted molar refractivity (Wildman–Crippen MR) is 99.6 cm³/mol. The van der Waals surface area contributed by atoms with Crippen LogP contribution in [0.5, 0.6) is 5.75 Å². The first-order valence-corrected chi connectivity index (χ1v) is 8.87. The van der Waals surface area contributed by atoms with Gasteiger partial charge in [0.05, 0.1) is 25.7 Å². The van der Waals surface area contributed by atoms with Gasteiger partial charge in [-0.05, 0) is 20.8 Å². The quantitative estimate of drug-likeness (QED) is 0.294. The summed E-state index contributed by atoms with van der Waals surface area (Å²) in [7, 11) is 2.22.